The van der Waals surface area contributed by atoms with Crippen molar-refractivity contribution in [2.75, 3.05) is 19.0 Å². The summed E-state index contributed by atoms with van der Waals surface area (Å²) in [5, 5.41) is 20.9. The van der Waals surface area contributed by atoms with E-state index in [9.17, 15) is 23.4 Å². The molecule has 1 atom stereocenters. The number of aromatic nitrogens is 1. The molecule has 0 saturated heterocycles. The third kappa shape index (κ3) is 7.02. The molecular weight excluding hydrogens is 458 g/mol. The van der Waals surface area contributed by atoms with Gasteiger partial charge >= 0.3 is 6.09 Å². The van der Waals surface area contributed by atoms with Crippen LogP contribution >= 0.6 is 0 Å². The minimum atomic E-state index is -4.06. The SMILES string of the molecule is CC(C)CCN(CS(=O)(=O)NCC(O)(CCc1ccccc1)c1nc2ccccc2o1)C(=O)O. The summed E-state index contributed by atoms with van der Waals surface area (Å²) < 4.78 is 33.6. The van der Waals surface area contributed by atoms with E-state index in [1.165, 1.54) is 0 Å². The molecule has 3 N–H and O–H groups in total. The van der Waals surface area contributed by atoms with Crippen LogP contribution in [-0.2, 0) is 22.0 Å². The fraction of sp³-hybridized carbons (Fsp3) is 0.417. The normalized spacial score (nSPS) is 13.8. The van der Waals surface area contributed by atoms with Gasteiger partial charge in [-0.1, -0.05) is 56.3 Å². The summed E-state index contributed by atoms with van der Waals surface area (Å²) in [4.78, 5) is 16.8. The number of para-hydroxylation sites is 2. The lowest BCUT2D eigenvalue weighted by Crippen LogP contribution is -2.46. The van der Waals surface area contributed by atoms with Crippen LogP contribution < -0.4 is 4.72 Å². The van der Waals surface area contributed by atoms with Crippen LogP contribution in [-0.4, -0.2) is 53.6 Å². The maximum absolute atomic E-state index is 12.7. The third-order valence-electron chi connectivity index (χ3n) is 5.52. The lowest BCUT2D eigenvalue weighted by Gasteiger charge is -2.26. The summed E-state index contributed by atoms with van der Waals surface area (Å²) in [5.74, 6) is -0.501. The number of aryl methyl sites for hydroxylation is 1. The lowest BCUT2D eigenvalue weighted by molar-refractivity contribution is 0.00795. The van der Waals surface area contributed by atoms with Gasteiger partial charge in [0.05, 0.1) is 0 Å². The van der Waals surface area contributed by atoms with Crippen molar-refractivity contribution in [3.05, 3.63) is 66.1 Å². The maximum atomic E-state index is 12.7. The number of amides is 1. The maximum Gasteiger partial charge on any atom is 0.408 e. The molecule has 0 aliphatic rings. The first-order valence-corrected chi connectivity index (χ1v) is 12.8. The van der Waals surface area contributed by atoms with E-state index in [-0.39, 0.29) is 24.8 Å². The highest BCUT2D eigenvalue weighted by Crippen LogP contribution is 2.29. The van der Waals surface area contributed by atoms with Crippen molar-refractivity contribution in [1.82, 2.24) is 14.6 Å². The number of benzene rings is 2. The molecule has 2 aromatic carbocycles. The van der Waals surface area contributed by atoms with Crippen molar-refractivity contribution in [3.8, 4) is 0 Å². The second-order valence-corrected chi connectivity index (χ2v) is 10.6. The Hall–Kier alpha value is -2.95. The van der Waals surface area contributed by atoms with Crippen molar-refractivity contribution >= 4 is 27.2 Å². The molecule has 9 nitrogen and oxygen atoms in total. The third-order valence-corrected chi connectivity index (χ3v) is 6.76. The molecule has 0 bridgehead atoms. The first-order chi connectivity index (χ1) is 16.1. The number of fused-ring (bicyclic) bond motifs is 1. The predicted octanol–water partition coefficient (Wildman–Crippen LogP) is 3.55. The fourth-order valence-electron chi connectivity index (χ4n) is 3.45. The van der Waals surface area contributed by atoms with Crippen LogP contribution in [0.4, 0.5) is 4.79 Å². The first kappa shape index (κ1) is 25.7. The van der Waals surface area contributed by atoms with E-state index in [1.54, 1.807) is 24.3 Å². The Morgan fingerprint density at radius 1 is 1.15 bits per heavy atom. The molecule has 0 aliphatic carbocycles. The number of sulfonamides is 1. The molecule has 0 radical (unpaired) electrons. The van der Waals surface area contributed by atoms with Gasteiger partial charge in [-0.25, -0.2) is 22.9 Å². The van der Waals surface area contributed by atoms with Crippen molar-refractivity contribution in [2.24, 2.45) is 5.92 Å². The van der Waals surface area contributed by atoms with Gasteiger partial charge in [0.1, 0.15) is 11.4 Å². The Kier molecular flexibility index (Phi) is 8.29. The number of oxazole rings is 1. The highest BCUT2D eigenvalue weighted by molar-refractivity contribution is 7.89. The minimum absolute atomic E-state index is 0.00206. The van der Waals surface area contributed by atoms with Gasteiger partial charge in [0.15, 0.2) is 11.2 Å². The van der Waals surface area contributed by atoms with Gasteiger partial charge in [0, 0.05) is 13.1 Å². The number of rotatable bonds is 12. The van der Waals surface area contributed by atoms with Crippen molar-refractivity contribution in [1.29, 1.82) is 0 Å². The zero-order valence-electron chi connectivity index (χ0n) is 19.3. The van der Waals surface area contributed by atoms with Crippen LogP contribution in [0.5, 0.6) is 0 Å². The zero-order valence-corrected chi connectivity index (χ0v) is 20.2. The Morgan fingerprint density at radius 3 is 2.47 bits per heavy atom. The summed E-state index contributed by atoms with van der Waals surface area (Å²) in [5.41, 5.74) is 0.243. The molecule has 34 heavy (non-hydrogen) atoms. The number of hydrogen-bond donors (Lipinski definition) is 3. The van der Waals surface area contributed by atoms with Crippen molar-refractivity contribution in [2.45, 2.75) is 38.7 Å². The number of carbonyl (C=O) groups is 1. The fourth-order valence-corrected chi connectivity index (χ4v) is 4.65. The Morgan fingerprint density at radius 2 is 1.82 bits per heavy atom. The molecule has 3 aromatic rings. The summed E-state index contributed by atoms with van der Waals surface area (Å²) >= 11 is 0. The van der Waals surface area contributed by atoms with Gasteiger partial charge in [-0.15, -0.1) is 0 Å². The van der Waals surface area contributed by atoms with Gasteiger partial charge in [-0.05, 0) is 42.9 Å². The highest BCUT2D eigenvalue weighted by atomic mass is 32.2. The predicted molar refractivity (Wildman–Crippen MR) is 129 cm³/mol. The lowest BCUT2D eigenvalue weighted by atomic mass is 9.95. The molecule has 0 saturated carbocycles. The van der Waals surface area contributed by atoms with Gasteiger partial charge in [-0.3, -0.25) is 4.90 Å². The monoisotopic (exact) mass is 489 g/mol. The molecule has 184 valence electrons. The second-order valence-electron chi connectivity index (χ2n) is 8.80. The molecule has 3 rings (SSSR count). The average Bonchev–Trinajstić information content (AvgIpc) is 3.25. The molecule has 0 spiro atoms. The van der Waals surface area contributed by atoms with E-state index < -0.39 is 34.1 Å². The van der Waals surface area contributed by atoms with Gasteiger partial charge in [-0.2, -0.15) is 0 Å². The number of nitrogens with one attached hydrogen (secondary N) is 1. The number of carboxylic acid groups (broad SMARTS) is 1. The summed E-state index contributed by atoms with van der Waals surface area (Å²) in [6, 6.07) is 16.5. The van der Waals surface area contributed by atoms with Gasteiger partial charge in [0.2, 0.25) is 15.9 Å². The van der Waals surface area contributed by atoms with Gasteiger partial charge in [0.25, 0.3) is 0 Å². The second kappa shape index (κ2) is 11.0. The van der Waals surface area contributed by atoms with Crippen LogP contribution in [0, 0.1) is 5.92 Å². The standard InChI is InChI=1S/C24H31N3O6S/c1-18(2)13-15-27(23(28)29)17-34(31,32)25-16-24(30,14-12-19-8-4-3-5-9-19)22-26-20-10-6-7-11-21(20)33-22/h3-11,18,25,30H,12-17H2,1-2H3,(H,28,29). The van der Waals surface area contributed by atoms with Crippen LogP contribution in [0.3, 0.4) is 0 Å². The number of nitrogens with zero attached hydrogens (tertiary/aromatic N) is 2. The van der Waals surface area contributed by atoms with E-state index in [0.717, 1.165) is 10.5 Å². The van der Waals surface area contributed by atoms with E-state index >= 15 is 0 Å². The van der Waals surface area contributed by atoms with E-state index in [4.69, 9.17) is 4.42 Å². The first-order valence-electron chi connectivity index (χ1n) is 11.2. The Bertz CT molecular complexity index is 1160. The van der Waals surface area contributed by atoms with Crippen LogP contribution in [0.15, 0.2) is 59.0 Å². The molecule has 0 fully saturated rings. The summed E-state index contributed by atoms with van der Waals surface area (Å²) in [6.45, 7) is 3.55. The zero-order chi connectivity index (χ0) is 24.8. The molecule has 0 aliphatic heterocycles. The molecule has 1 heterocycles. The van der Waals surface area contributed by atoms with Gasteiger partial charge < -0.3 is 14.6 Å². The quantitative estimate of drug-likeness (QED) is 0.354. The smallest absolute Gasteiger partial charge is 0.408 e. The Labute approximate surface area is 199 Å². The number of hydrogen-bond acceptors (Lipinski definition) is 6. The largest absolute Gasteiger partial charge is 0.465 e. The minimum Gasteiger partial charge on any atom is -0.465 e. The van der Waals surface area contributed by atoms with Crippen LogP contribution in [0.2, 0.25) is 0 Å². The number of aliphatic hydroxyl groups is 1. The highest BCUT2D eigenvalue weighted by Gasteiger charge is 2.36. The topological polar surface area (TPSA) is 133 Å². The van der Waals surface area contributed by atoms with E-state index in [0.29, 0.717) is 23.9 Å². The summed E-state index contributed by atoms with van der Waals surface area (Å²) in [6.07, 6.45) is -0.189. The van der Waals surface area contributed by atoms with E-state index in [1.807, 2.05) is 44.2 Å². The van der Waals surface area contributed by atoms with E-state index in [2.05, 4.69) is 9.71 Å². The molecule has 10 heteroatoms. The molecule has 1 amide bonds. The average molecular weight is 490 g/mol. The van der Waals surface area contributed by atoms with Crippen LogP contribution in [0.25, 0.3) is 11.1 Å². The molecular formula is C24H31N3O6S. The summed E-state index contributed by atoms with van der Waals surface area (Å²) in [7, 11) is -4.06. The molecule has 1 aromatic heterocycles. The van der Waals surface area contributed by atoms with Crippen molar-refractivity contribution < 1.29 is 27.8 Å². The molecule has 1 unspecified atom stereocenters. The van der Waals surface area contributed by atoms with Crippen LogP contribution in [0.1, 0.15) is 38.1 Å². The van der Waals surface area contributed by atoms with Crippen molar-refractivity contribution in [3.63, 3.8) is 0 Å². The Balaban J connectivity index is 1.79.